The zero-order chi connectivity index (χ0) is 23.5. The van der Waals surface area contributed by atoms with Gasteiger partial charge in [0.1, 0.15) is 10.6 Å². The number of hydrogen-bond donors (Lipinski definition) is 1. The highest BCUT2D eigenvalue weighted by molar-refractivity contribution is 7.89. The number of benzene rings is 1. The molecule has 2 heterocycles. The summed E-state index contributed by atoms with van der Waals surface area (Å²) in [6.07, 6.45) is 3.75. The molecule has 2 fully saturated rings. The Bertz CT molecular complexity index is 1040. The number of anilines is 1. The molecule has 0 radical (unpaired) electrons. The van der Waals surface area contributed by atoms with Crippen LogP contribution < -0.4 is 10.1 Å². The largest absolute Gasteiger partial charge is 0.495 e. The lowest BCUT2D eigenvalue weighted by Gasteiger charge is -2.32. The van der Waals surface area contributed by atoms with Crippen molar-refractivity contribution in [3.05, 3.63) is 18.2 Å². The molecular formula is C20H32N4O6S2. The van der Waals surface area contributed by atoms with Crippen LogP contribution in [0.2, 0.25) is 0 Å². The van der Waals surface area contributed by atoms with E-state index in [1.807, 2.05) is 0 Å². The third-order valence-corrected chi connectivity index (χ3v) is 9.73. The van der Waals surface area contributed by atoms with E-state index in [1.165, 1.54) is 41.9 Å². The summed E-state index contributed by atoms with van der Waals surface area (Å²) in [6, 6.07) is 4.52. The molecular weight excluding hydrogens is 456 g/mol. The number of rotatable bonds is 7. The zero-order valence-electron chi connectivity index (χ0n) is 18.8. The lowest BCUT2D eigenvalue weighted by Crippen LogP contribution is -2.47. The van der Waals surface area contributed by atoms with Crippen LogP contribution in [0.25, 0.3) is 0 Å². The van der Waals surface area contributed by atoms with E-state index in [1.54, 1.807) is 6.07 Å². The van der Waals surface area contributed by atoms with Gasteiger partial charge < -0.3 is 10.1 Å². The monoisotopic (exact) mass is 488 g/mol. The van der Waals surface area contributed by atoms with Crippen LogP contribution in [0.3, 0.4) is 0 Å². The van der Waals surface area contributed by atoms with Crippen LogP contribution in [-0.2, 0) is 25.0 Å². The summed E-state index contributed by atoms with van der Waals surface area (Å²) < 4.78 is 60.4. The van der Waals surface area contributed by atoms with Crippen LogP contribution in [-0.4, -0.2) is 83.0 Å². The summed E-state index contributed by atoms with van der Waals surface area (Å²) in [6.45, 7) is 1.37. The second kappa shape index (κ2) is 10.0. The Morgan fingerprint density at radius 2 is 1.69 bits per heavy atom. The molecule has 0 saturated carbocycles. The van der Waals surface area contributed by atoms with Crippen LogP contribution >= 0.6 is 0 Å². The smallest absolute Gasteiger partial charge is 0.281 e. The molecule has 0 aliphatic carbocycles. The zero-order valence-corrected chi connectivity index (χ0v) is 20.4. The Labute approximate surface area is 190 Å². The van der Waals surface area contributed by atoms with Gasteiger partial charge in [0.25, 0.3) is 10.2 Å². The van der Waals surface area contributed by atoms with E-state index in [-0.39, 0.29) is 23.1 Å². The van der Waals surface area contributed by atoms with E-state index in [0.29, 0.717) is 38.2 Å². The minimum atomic E-state index is -3.76. The summed E-state index contributed by atoms with van der Waals surface area (Å²) in [5.74, 6) is -0.646. The molecule has 180 valence electrons. The molecule has 2 saturated heterocycles. The molecule has 1 amide bonds. The Balaban J connectivity index is 1.79. The molecule has 0 spiro atoms. The third kappa shape index (κ3) is 5.25. The minimum Gasteiger partial charge on any atom is -0.495 e. The van der Waals surface area contributed by atoms with E-state index in [0.717, 1.165) is 23.6 Å². The molecule has 1 aromatic rings. The van der Waals surface area contributed by atoms with Crippen molar-refractivity contribution in [3.8, 4) is 5.75 Å². The molecule has 1 aromatic carbocycles. The Morgan fingerprint density at radius 3 is 2.31 bits per heavy atom. The second-order valence-corrected chi connectivity index (χ2v) is 12.4. The number of ether oxygens (including phenoxy) is 1. The van der Waals surface area contributed by atoms with Gasteiger partial charge in [-0.1, -0.05) is 6.42 Å². The summed E-state index contributed by atoms with van der Waals surface area (Å²) in [4.78, 5) is 12.9. The molecule has 3 rings (SSSR count). The van der Waals surface area contributed by atoms with Crippen molar-refractivity contribution >= 4 is 31.8 Å². The van der Waals surface area contributed by atoms with E-state index < -0.39 is 26.2 Å². The number of nitrogens with zero attached hydrogens (tertiary/aromatic N) is 3. The number of methoxy groups -OCH3 is 1. The summed E-state index contributed by atoms with van der Waals surface area (Å²) in [5.41, 5.74) is 0.332. The number of amides is 1. The van der Waals surface area contributed by atoms with Crippen molar-refractivity contribution in [3.63, 3.8) is 0 Å². The van der Waals surface area contributed by atoms with Gasteiger partial charge in [-0.15, -0.1) is 0 Å². The van der Waals surface area contributed by atoms with Gasteiger partial charge in [0.2, 0.25) is 15.9 Å². The first-order chi connectivity index (χ1) is 15.1. The van der Waals surface area contributed by atoms with Crippen molar-refractivity contribution in [2.75, 3.05) is 52.7 Å². The van der Waals surface area contributed by atoms with E-state index in [2.05, 4.69) is 5.32 Å². The molecule has 0 unspecified atom stereocenters. The van der Waals surface area contributed by atoms with Crippen LogP contribution in [0.5, 0.6) is 5.75 Å². The van der Waals surface area contributed by atoms with Crippen LogP contribution in [0.15, 0.2) is 23.1 Å². The Morgan fingerprint density at radius 1 is 1.03 bits per heavy atom. The van der Waals surface area contributed by atoms with E-state index in [4.69, 9.17) is 4.74 Å². The van der Waals surface area contributed by atoms with E-state index in [9.17, 15) is 21.6 Å². The van der Waals surface area contributed by atoms with Crippen molar-refractivity contribution < 1.29 is 26.4 Å². The molecule has 12 heteroatoms. The van der Waals surface area contributed by atoms with Crippen molar-refractivity contribution in [2.45, 2.75) is 37.0 Å². The van der Waals surface area contributed by atoms with Gasteiger partial charge in [-0.3, -0.25) is 4.79 Å². The quantitative estimate of drug-likeness (QED) is 0.619. The highest BCUT2D eigenvalue weighted by Gasteiger charge is 2.34. The fraction of sp³-hybridized carbons (Fsp3) is 0.650. The third-order valence-electron chi connectivity index (χ3n) is 5.91. The maximum absolute atomic E-state index is 13.2. The molecule has 0 aromatic heterocycles. The van der Waals surface area contributed by atoms with Gasteiger partial charge in [0.15, 0.2) is 0 Å². The fourth-order valence-corrected chi connectivity index (χ4v) is 6.93. The molecule has 10 nitrogen and oxygen atoms in total. The topological polar surface area (TPSA) is 116 Å². The molecule has 32 heavy (non-hydrogen) atoms. The van der Waals surface area contributed by atoms with Crippen LogP contribution in [0.4, 0.5) is 5.69 Å². The van der Waals surface area contributed by atoms with E-state index >= 15 is 0 Å². The maximum atomic E-state index is 13.2. The van der Waals surface area contributed by atoms with Gasteiger partial charge in [-0.2, -0.15) is 21.3 Å². The lowest BCUT2D eigenvalue weighted by atomic mass is 9.99. The first kappa shape index (κ1) is 24.9. The highest BCUT2D eigenvalue weighted by atomic mass is 32.2. The number of hydrogen-bond acceptors (Lipinski definition) is 6. The lowest BCUT2D eigenvalue weighted by molar-refractivity contribution is -0.120. The van der Waals surface area contributed by atoms with Crippen molar-refractivity contribution in [2.24, 2.45) is 5.92 Å². The first-order valence-corrected chi connectivity index (χ1v) is 13.6. The average molecular weight is 489 g/mol. The maximum Gasteiger partial charge on any atom is 0.281 e. The van der Waals surface area contributed by atoms with Gasteiger partial charge >= 0.3 is 0 Å². The van der Waals surface area contributed by atoms with Crippen molar-refractivity contribution in [1.82, 2.24) is 12.9 Å². The number of nitrogens with one attached hydrogen (secondary N) is 1. The second-order valence-electron chi connectivity index (χ2n) is 8.31. The summed E-state index contributed by atoms with van der Waals surface area (Å²) in [7, 11) is -3.04. The predicted molar refractivity (Wildman–Crippen MR) is 121 cm³/mol. The molecule has 2 aliphatic rings. The average Bonchev–Trinajstić information content (AvgIpc) is 2.79. The first-order valence-electron chi connectivity index (χ1n) is 10.7. The SMILES string of the molecule is COc1ccc(NC(=O)[C@H]2CCCN(S(=O)(=O)N(C)C)C2)cc1S(=O)(=O)N1CCCCC1. The number of sulfonamides is 1. The minimum absolute atomic E-state index is 0.0140. The molecule has 1 N–H and O–H groups in total. The Hall–Kier alpha value is -1.73. The molecule has 0 bridgehead atoms. The van der Waals surface area contributed by atoms with Crippen LogP contribution in [0, 0.1) is 5.92 Å². The van der Waals surface area contributed by atoms with Gasteiger partial charge in [-0.05, 0) is 43.9 Å². The highest BCUT2D eigenvalue weighted by Crippen LogP contribution is 2.31. The summed E-state index contributed by atoms with van der Waals surface area (Å²) in [5, 5.41) is 2.77. The van der Waals surface area contributed by atoms with Crippen LogP contribution in [0.1, 0.15) is 32.1 Å². The number of carbonyl (C=O) groups is 1. The standard InChI is InChI=1S/C20H32N4O6S2/c1-22(2)32(28,29)24-13-7-8-16(15-24)20(25)21-17-9-10-18(30-3)19(14-17)31(26,27)23-11-5-4-6-12-23/h9-10,14,16H,4-8,11-13,15H2,1-3H3,(H,21,25)/t16-/m0/s1. The number of piperidine rings is 2. The van der Waals surface area contributed by atoms with Gasteiger partial charge in [-0.25, -0.2) is 8.42 Å². The number of carbonyl (C=O) groups excluding carboxylic acids is 1. The molecule has 2 aliphatic heterocycles. The Kier molecular flexibility index (Phi) is 7.81. The van der Waals surface area contributed by atoms with Gasteiger partial charge in [0, 0.05) is 46.0 Å². The molecule has 1 atom stereocenters. The van der Waals surface area contributed by atoms with Crippen molar-refractivity contribution in [1.29, 1.82) is 0 Å². The predicted octanol–water partition coefficient (Wildman–Crippen LogP) is 1.33. The summed E-state index contributed by atoms with van der Waals surface area (Å²) >= 11 is 0. The normalized spacial score (nSPS) is 21.4. The van der Waals surface area contributed by atoms with Gasteiger partial charge in [0.05, 0.1) is 13.0 Å². The fourth-order valence-electron chi connectivity index (χ4n) is 4.04.